The maximum atomic E-state index is 13.3. The number of ether oxygens (including phenoxy) is 1. The Morgan fingerprint density at radius 2 is 2.10 bits per heavy atom. The third kappa shape index (κ3) is 3.33. The fraction of sp³-hybridized carbons (Fsp3) is 0.429. The van der Waals surface area contributed by atoms with Crippen LogP contribution in [0.4, 0.5) is 4.39 Å². The monoisotopic (exact) mass is 279 g/mol. The minimum atomic E-state index is -0.377. The van der Waals surface area contributed by atoms with E-state index in [1.807, 2.05) is 20.8 Å². The Balaban J connectivity index is 2.11. The van der Waals surface area contributed by atoms with Gasteiger partial charge in [0.15, 0.2) is 12.4 Å². The number of hydrogen-bond acceptors (Lipinski definition) is 5. The highest BCUT2D eigenvalue weighted by Crippen LogP contribution is 2.25. The first-order chi connectivity index (χ1) is 9.47. The van der Waals surface area contributed by atoms with Gasteiger partial charge in [0.25, 0.3) is 5.89 Å². The largest absolute Gasteiger partial charge is 0.483 e. The van der Waals surface area contributed by atoms with Gasteiger partial charge >= 0.3 is 0 Å². The molecule has 2 aromatic rings. The number of nitrogens with two attached hydrogens (primary N) is 1. The molecule has 0 radical (unpaired) electrons. The normalized spacial score (nSPS) is 12.7. The highest BCUT2D eigenvalue weighted by Gasteiger charge is 2.13. The van der Waals surface area contributed by atoms with E-state index in [4.69, 9.17) is 15.0 Å². The molecule has 0 aliphatic carbocycles. The smallest absolute Gasteiger partial charge is 0.264 e. The molecule has 2 N–H and O–H groups in total. The molecular formula is C14H18FN3O2. The van der Waals surface area contributed by atoms with Crippen molar-refractivity contribution in [2.45, 2.75) is 39.3 Å². The minimum absolute atomic E-state index is 0.0862. The van der Waals surface area contributed by atoms with Crippen molar-refractivity contribution in [3.8, 4) is 5.75 Å². The summed E-state index contributed by atoms with van der Waals surface area (Å²) in [7, 11) is 0. The first-order valence-corrected chi connectivity index (χ1v) is 6.47. The van der Waals surface area contributed by atoms with Gasteiger partial charge in [-0.3, -0.25) is 0 Å². The van der Waals surface area contributed by atoms with Gasteiger partial charge < -0.3 is 15.0 Å². The lowest BCUT2D eigenvalue weighted by Crippen LogP contribution is -2.08. The van der Waals surface area contributed by atoms with E-state index < -0.39 is 0 Å². The molecule has 0 spiro atoms. The molecule has 1 aromatic carbocycles. The van der Waals surface area contributed by atoms with E-state index >= 15 is 0 Å². The Morgan fingerprint density at radius 3 is 2.70 bits per heavy atom. The van der Waals surface area contributed by atoms with Crippen molar-refractivity contribution in [2.24, 2.45) is 5.73 Å². The zero-order valence-electron chi connectivity index (χ0n) is 11.8. The van der Waals surface area contributed by atoms with Crippen molar-refractivity contribution in [1.29, 1.82) is 0 Å². The standard InChI is InChI=1S/C14H18FN3O2/c1-8(2)14-17-13(20-18-14)7-19-12-6-10(15)4-5-11(12)9(3)16/h4-6,8-9H,7,16H2,1-3H3. The number of nitrogens with zero attached hydrogens (tertiary/aromatic N) is 2. The third-order valence-corrected chi connectivity index (χ3v) is 2.82. The second-order valence-corrected chi connectivity index (χ2v) is 4.96. The van der Waals surface area contributed by atoms with Crippen molar-refractivity contribution >= 4 is 0 Å². The predicted octanol–water partition coefficient (Wildman–Crippen LogP) is 2.93. The van der Waals surface area contributed by atoms with E-state index in [2.05, 4.69) is 10.1 Å². The van der Waals surface area contributed by atoms with Crippen LogP contribution in [0.3, 0.4) is 0 Å². The Bertz CT molecular complexity index is 582. The summed E-state index contributed by atoms with van der Waals surface area (Å²) in [6.45, 7) is 5.83. The average Bonchev–Trinajstić information content (AvgIpc) is 2.85. The van der Waals surface area contributed by atoms with Crippen LogP contribution >= 0.6 is 0 Å². The van der Waals surface area contributed by atoms with Crippen molar-refractivity contribution in [1.82, 2.24) is 10.1 Å². The SMILES string of the molecule is CC(C)c1noc(COc2cc(F)ccc2C(C)N)n1. The maximum absolute atomic E-state index is 13.3. The van der Waals surface area contributed by atoms with Crippen LogP contribution < -0.4 is 10.5 Å². The summed E-state index contributed by atoms with van der Waals surface area (Å²) in [5, 5.41) is 3.84. The molecule has 20 heavy (non-hydrogen) atoms. The summed E-state index contributed by atoms with van der Waals surface area (Å²) in [4.78, 5) is 4.19. The van der Waals surface area contributed by atoms with Crippen molar-refractivity contribution in [3.05, 3.63) is 41.3 Å². The molecule has 5 nitrogen and oxygen atoms in total. The van der Waals surface area contributed by atoms with Gasteiger partial charge in [-0.2, -0.15) is 4.98 Å². The molecule has 1 unspecified atom stereocenters. The van der Waals surface area contributed by atoms with Gasteiger partial charge in [-0.25, -0.2) is 4.39 Å². The molecule has 6 heteroatoms. The molecule has 0 amide bonds. The van der Waals surface area contributed by atoms with Gasteiger partial charge in [-0.1, -0.05) is 25.1 Å². The number of rotatable bonds is 5. The highest BCUT2D eigenvalue weighted by molar-refractivity contribution is 5.36. The van der Waals surface area contributed by atoms with E-state index in [9.17, 15) is 4.39 Å². The summed E-state index contributed by atoms with van der Waals surface area (Å²) >= 11 is 0. The topological polar surface area (TPSA) is 74.2 Å². The van der Waals surface area contributed by atoms with Crippen LogP contribution in [0.25, 0.3) is 0 Å². The zero-order valence-corrected chi connectivity index (χ0v) is 11.8. The van der Waals surface area contributed by atoms with Crippen LogP contribution in [0.5, 0.6) is 5.75 Å². The number of aromatic nitrogens is 2. The Hall–Kier alpha value is -1.95. The van der Waals surface area contributed by atoms with Gasteiger partial charge in [0.2, 0.25) is 0 Å². The van der Waals surface area contributed by atoms with Gasteiger partial charge in [0, 0.05) is 23.6 Å². The molecule has 0 saturated carbocycles. The molecule has 0 aliphatic rings. The summed E-state index contributed by atoms with van der Waals surface area (Å²) in [6, 6.07) is 4.02. The lowest BCUT2D eigenvalue weighted by molar-refractivity contribution is 0.239. The lowest BCUT2D eigenvalue weighted by atomic mass is 10.1. The second kappa shape index (κ2) is 6.00. The Kier molecular flexibility index (Phi) is 4.34. The molecule has 0 aliphatic heterocycles. The second-order valence-electron chi connectivity index (χ2n) is 4.96. The fourth-order valence-electron chi connectivity index (χ4n) is 1.71. The quantitative estimate of drug-likeness (QED) is 0.910. The van der Waals surface area contributed by atoms with E-state index in [0.717, 1.165) is 5.56 Å². The van der Waals surface area contributed by atoms with Gasteiger partial charge in [-0.05, 0) is 13.0 Å². The van der Waals surface area contributed by atoms with Crippen LogP contribution in [0.2, 0.25) is 0 Å². The van der Waals surface area contributed by atoms with Crippen LogP contribution in [0.15, 0.2) is 22.7 Å². The minimum Gasteiger partial charge on any atom is -0.483 e. The van der Waals surface area contributed by atoms with E-state index in [1.165, 1.54) is 12.1 Å². The number of benzene rings is 1. The van der Waals surface area contributed by atoms with Crippen LogP contribution in [0, 0.1) is 5.82 Å². The molecular weight excluding hydrogens is 261 g/mol. The lowest BCUT2D eigenvalue weighted by Gasteiger charge is -2.12. The van der Waals surface area contributed by atoms with Crippen molar-refractivity contribution in [2.75, 3.05) is 0 Å². The predicted molar refractivity (Wildman–Crippen MR) is 71.7 cm³/mol. The van der Waals surface area contributed by atoms with E-state index in [1.54, 1.807) is 6.07 Å². The van der Waals surface area contributed by atoms with Crippen LogP contribution in [0.1, 0.15) is 50.0 Å². The van der Waals surface area contributed by atoms with E-state index in [-0.39, 0.29) is 24.4 Å². The van der Waals surface area contributed by atoms with Crippen molar-refractivity contribution in [3.63, 3.8) is 0 Å². The fourth-order valence-corrected chi connectivity index (χ4v) is 1.71. The molecule has 1 aromatic heterocycles. The molecule has 0 saturated heterocycles. The van der Waals surface area contributed by atoms with Gasteiger partial charge in [-0.15, -0.1) is 0 Å². The molecule has 1 atom stereocenters. The summed E-state index contributed by atoms with van der Waals surface area (Å²) in [5.74, 6) is 1.17. The molecule has 1 heterocycles. The maximum Gasteiger partial charge on any atom is 0.264 e. The zero-order chi connectivity index (χ0) is 14.7. The Labute approximate surface area is 116 Å². The summed E-state index contributed by atoms with van der Waals surface area (Å²) in [5.41, 5.74) is 6.56. The number of hydrogen-bond donors (Lipinski definition) is 1. The summed E-state index contributed by atoms with van der Waals surface area (Å²) in [6.07, 6.45) is 0. The molecule has 2 rings (SSSR count). The van der Waals surface area contributed by atoms with Gasteiger partial charge in [0.05, 0.1) is 0 Å². The average molecular weight is 279 g/mol. The van der Waals surface area contributed by atoms with Gasteiger partial charge in [0.1, 0.15) is 11.6 Å². The summed E-state index contributed by atoms with van der Waals surface area (Å²) < 4.78 is 23.9. The first-order valence-electron chi connectivity index (χ1n) is 6.47. The highest BCUT2D eigenvalue weighted by atomic mass is 19.1. The third-order valence-electron chi connectivity index (χ3n) is 2.82. The first kappa shape index (κ1) is 14.5. The van der Waals surface area contributed by atoms with Crippen molar-refractivity contribution < 1.29 is 13.7 Å². The Morgan fingerprint density at radius 1 is 1.35 bits per heavy atom. The van der Waals surface area contributed by atoms with E-state index in [0.29, 0.717) is 17.5 Å². The molecule has 108 valence electrons. The van der Waals surface area contributed by atoms with Crippen LogP contribution in [-0.2, 0) is 6.61 Å². The van der Waals surface area contributed by atoms with Crippen LogP contribution in [-0.4, -0.2) is 10.1 Å². The molecule has 0 bridgehead atoms. The number of halogens is 1. The molecule has 0 fully saturated rings.